The molecule has 0 radical (unpaired) electrons. The van der Waals surface area contributed by atoms with Crippen LogP contribution in [0.4, 0.5) is 0 Å². The summed E-state index contributed by atoms with van der Waals surface area (Å²) in [6.07, 6.45) is 1.21. The maximum Gasteiger partial charge on any atom is 0.210 e. The molecule has 0 atom stereocenters. The lowest BCUT2D eigenvalue weighted by atomic mass is 10.3. The summed E-state index contributed by atoms with van der Waals surface area (Å²) < 4.78 is 62.9. The highest BCUT2D eigenvalue weighted by molar-refractivity contribution is 7.92. The van der Waals surface area contributed by atoms with Crippen molar-refractivity contribution in [2.24, 2.45) is 0 Å². The van der Waals surface area contributed by atoms with E-state index in [1.165, 1.54) is 54.6 Å². The van der Waals surface area contributed by atoms with Crippen LogP contribution in [-0.4, -0.2) is 40.3 Å². The van der Waals surface area contributed by atoms with Gasteiger partial charge in [-0.1, -0.05) is 24.3 Å². The predicted octanol–water partition coefficient (Wildman–Crippen LogP) is 5.00. The quantitative estimate of drug-likeness (QED) is 0.248. The third kappa shape index (κ3) is 6.09. The van der Waals surface area contributed by atoms with Gasteiger partial charge in [0.2, 0.25) is 19.7 Å². The number of aromatic hydroxyl groups is 2. The monoisotopic (exact) mass is 554 g/mol. The molecule has 0 aliphatic heterocycles. The standard InChI is InChI=1S/C28H26O8S2/c29-21-11-15-23(16-12-21)38(33,34)28-10-4-2-8-26(28)36-20-6-5-19-35-22-13-17-24(18-14-22)37(31,32)27-9-3-1-7-25(27)30/h1-4,7-18,29-30H,5-6,19-20H2. The molecule has 0 aliphatic carbocycles. The van der Waals surface area contributed by atoms with Crippen LogP contribution in [0.2, 0.25) is 0 Å². The van der Waals surface area contributed by atoms with Crippen molar-refractivity contribution in [1.82, 2.24) is 0 Å². The first-order chi connectivity index (χ1) is 18.2. The van der Waals surface area contributed by atoms with E-state index in [9.17, 15) is 27.0 Å². The number of unbranched alkanes of at least 4 members (excludes halogenated alkanes) is 1. The lowest BCUT2D eigenvalue weighted by Crippen LogP contribution is -2.07. The molecule has 0 aliphatic rings. The van der Waals surface area contributed by atoms with Crippen molar-refractivity contribution in [1.29, 1.82) is 0 Å². The van der Waals surface area contributed by atoms with Gasteiger partial charge in [0.15, 0.2) is 0 Å². The van der Waals surface area contributed by atoms with Crippen LogP contribution in [0.1, 0.15) is 12.8 Å². The molecular formula is C28H26O8S2. The Kier molecular flexibility index (Phi) is 8.23. The smallest absolute Gasteiger partial charge is 0.210 e. The maximum atomic E-state index is 13.0. The number of ether oxygens (including phenoxy) is 2. The molecule has 4 aromatic rings. The van der Waals surface area contributed by atoms with Crippen molar-refractivity contribution in [2.75, 3.05) is 13.2 Å². The summed E-state index contributed by atoms with van der Waals surface area (Å²) in [4.78, 5) is -0.0216. The van der Waals surface area contributed by atoms with Crippen LogP contribution in [0, 0.1) is 0 Å². The molecule has 0 fully saturated rings. The minimum Gasteiger partial charge on any atom is -0.508 e. The van der Waals surface area contributed by atoms with Crippen LogP contribution < -0.4 is 9.47 Å². The van der Waals surface area contributed by atoms with Crippen LogP contribution in [0.3, 0.4) is 0 Å². The van der Waals surface area contributed by atoms with E-state index in [1.807, 2.05) is 0 Å². The summed E-state index contributed by atoms with van der Waals surface area (Å²) >= 11 is 0. The number of hydrogen-bond acceptors (Lipinski definition) is 8. The highest BCUT2D eigenvalue weighted by Gasteiger charge is 2.22. The minimum atomic E-state index is -3.86. The van der Waals surface area contributed by atoms with Crippen LogP contribution in [-0.2, 0) is 19.7 Å². The molecule has 0 heterocycles. The fourth-order valence-corrected chi connectivity index (χ4v) is 6.39. The Morgan fingerprint density at radius 3 is 1.68 bits per heavy atom. The van der Waals surface area contributed by atoms with Gasteiger partial charge in [-0.15, -0.1) is 0 Å². The number of phenols is 2. The van der Waals surface area contributed by atoms with E-state index < -0.39 is 19.7 Å². The number of benzene rings is 4. The first-order valence-electron chi connectivity index (χ1n) is 11.7. The fourth-order valence-electron chi connectivity index (χ4n) is 3.65. The van der Waals surface area contributed by atoms with Gasteiger partial charge in [0.05, 0.1) is 23.0 Å². The molecule has 0 unspecified atom stereocenters. The third-order valence-corrected chi connectivity index (χ3v) is 9.27. The van der Waals surface area contributed by atoms with Crippen molar-refractivity contribution < 1.29 is 36.5 Å². The molecule has 4 aromatic carbocycles. The van der Waals surface area contributed by atoms with Gasteiger partial charge in [-0.3, -0.25) is 0 Å². The summed E-state index contributed by atoms with van der Waals surface area (Å²) in [5.74, 6) is 0.398. The van der Waals surface area contributed by atoms with E-state index in [1.54, 1.807) is 42.5 Å². The molecule has 38 heavy (non-hydrogen) atoms. The topological polar surface area (TPSA) is 127 Å². The average molecular weight is 555 g/mol. The normalized spacial score (nSPS) is 11.7. The Hall–Kier alpha value is -4.02. The number of phenolic OH excluding ortho intramolecular Hbond substituents is 2. The molecule has 0 amide bonds. The number of para-hydroxylation sites is 2. The molecule has 0 aromatic heterocycles. The first-order valence-corrected chi connectivity index (χ1v) is 14.7. The number of sulfone groups is 2. The molecular weight excluding hydrogens is 528 g/mol. The largest absolute Gasteiger partial charge is 0.508 e. The van der Waals surface area contributed by atoms with E-state index in [0.29, 0.717) is 25.2 Å². The van der Waals surface area contributed by atoms with Gasteiger partial charge in [0.25, 0.3) is 0 Å². The van der Waals surface area contributed by atoms with Gasteiger partial charge in [-0.2, -0.15) is 0 Å². The molecule has 4 rings (SSSR count). The number of rotatable bonds is 11. The van der Waals surface area contributed by atoms with Crippen molar-refractivity contribution in [3.05, 3.63) is 97.1 Å². The van der Waals surface area contributed by atoms with E-state index in [2.05, 4.69) is 0 Å². The zero-order chi connectivity index (χ0) is 27.2. The Balaban J connectivity index is 1.29. The van der Waals surface area contributed by atoms with Crippen molar-refractivity contribution in [3.8, 4) is 23.0 Å². The zero-order valence-corrected chi connectivity index (χ0v) is 21.9. The highest BCUT2D eigenvalue weighted by atomic mass is 32.2. The molecule has 2 N–H and O–H groups in total. The molecule has 8 nitrogen and oxygen atoms in total. The fraction of sp³-hybridized carbons (Fsp3) is 0.143. The predicted molar refractivity (Wildman–Crippen MR) is 140 cm³/mol. The lowest BCUT2D eigenvalue weighted by Gasteiger charge is -2.12. The third-order valence-electron chi connectivity index (χ3n) is 5.64. The molecule has 198 valence electrons. The SMILES string of the molecule is O=S(=O)(c1ccc(OCCCCOc2ccccc2S(=O)(=O)c2ccc(O)cc2)cc1)c1ccccc1O. The van der Waals surface area contributed by atoms with Crippen LogP contribution in [0.15, 0.2) is 117 Å². The Bertz CT molecular complexity index is 1600. The highest BCUT2D eigenvalue weighted by Crippen LogP contribution is 2.31. The summed E-state index contributed by atoms with van der Waals surface area (Å²) in [5.41, 5.74) is 0. The first kappa shape index (κ1) is 27.0. The van der Waals surface area contributed by atoms with Crippen molar-refractivity contribution in [3.63, 3.8) is 0 Å². The minimum absolute atomic E-state index is 0.0239. The van der Waals surface area contributed by atoms with Gasteiger partial charge in [-0.05, 0) is 85.6 Å². The molecule has 0 saturated heterocycles. The summed E-state index contributed by atoms with van der Waals surface area (Å²) in [6.45, 7) is 0.617. The Morgan fingerprint density at radius 2 is 1.05 bits per heavy atom. The van der Waals surface area contributed by atoms with Crippen LogP contribution >= 0.6 is 0 Å². The molecule has 0 bridgehead atoms. The van der Waals surface area contributed by atoms with Gasteiger partial charge >= 0.3 is 0 Å². The van der Waals surface area contributed by atoms with E-state index >= 15 is 0 Å². The Labute approximate surface area is 221 Å². The van der Waals surface area contributed by atoms with Crippen molar-refractivity contribution >= 4 is 19.7 Å². The van der Waals surface area contributed by atoms with Gasteiger partial charge in [-0.25, -0.2) is 16.8 Å². The second-order valence-electron chi connectivity index (χ2n) is 8.29. The maximum absolute atomic E-state index is 13.0. The summed E-state index contributed by atoms with van der Waals surface area (Å²) in [6, 6.07) is 23.4. The second-order valence-corrected chi connectivity index (χ2v) is 12.1. The van der Waals surface area contributed by atoms with Crippen LogP contribution in [0.25, 0.3) is 0 Å². The van der Waals surface area contributed by atoms with Crippen LogP contribution in [0.5, 0.6) is 23.0 Å². The van der Waals surface area contributed by atoms with Crippen molar-refractivity contribution in [2.45, 2.75) is 32.4 Å². The lowest BCUT2D eigenvalue weighted by molar-refractivity contribution is 0.263. The van der Waals surface area contributed by atoms with E-state index in [-0.39, 0.29) is 43.4 Å². The number of hydrogen-bond donors (Lipinski definition) is 2. The molecule has 10 heteroatoms. The van der Waals surface area contributed by atoms with E-state index in [0.717, 1.165) is 0 Å². The average Bonchev–Trinajstić information content (AvgIpc) is 2.91. The zero-order valence-electron chi connectivity index (χ0n) is 20.2. The summed E-state index contributed by atoms with van der Waals surface area (Å²) in [5, 5.41) is 19.3. The van der Waals surface area contributed by atoms with Gasteiger partial charge in [0, 0.05) is 0 Å². The van der Waals surface area contributed by atoms with E-state index in [4.69, 9.17) is 9.47 Å². The molecule has 0 spiro atoms. The summed E-state index contributed by atoms with van der Waals surface area (Å²) in [7, 11) is -7.68. The van der Waals surface area contributed by atoms with Gasteiger partial charge in [0.1, 0.15) is 32.8 Å². The Morgan fingerprint density at radius 1 is 0.553 bits per heavy atom. The second kappa shape index (κ2) is 11.6. The van der Waals surface area contributed by atoms with Gasteiger partial charge < -0.3 is 19.7 Å². The molecule has 0 saturated carbocycles.